The quantitative estimate of drug-likeness (QED) is 0.258. The third kappa shape index (κ3) is 7.31. The van der Waals surface area contributed by atoms with Crippen LogP contribution in [-0.2, 0) is 21.9 Å². The van der Waals surface area contributed by atoms with Crippen molar-refractivity contribution in [1.29, 1.82) is 0 Å². The summed E-state index contributed by atoms with van der Waals surface area (Å²) in [6.45, 7) is 1.47. The van der Waals surface area contributed by atoms with Gasteiger partial charge in [-0.25, -0.2) is 4.98 Å². The molecule has 0 radical (unpaired) electrons. The molecule has 0 bridgehead atoms. The summed E-state index contributed by atoms with van der Waals surface area (Å²) in [5.74, 6) is -0.321. The Morgan fingerprint density at radius 1 is 0.950 bits per heavy atom. The standard InChI is InChI=1S/C25H26F6N4O5/c26-24(27,28)20-13-19(6-7-21(20)35(37)38)40-18-4-2-17(3-5-18)39-15-23(36)34-11-9-33(10-12-34)16-1-8-22(32-14-16)25(29,30)31/h1,6-8,13-14,17-18H,2-5,9-12,15H2. The van der Waals surface area contributed by atoms with Gasteiger partial charge < -0.3 is 19.3 Å². The Morgan fingerprint density at radius 3 is 2.15 bits per heavy atom. The number of alkyl halides is 6. The van der Waals surface area contributed by atoms with Crippen molar-refractivity contribution in [3.05, 3.63) is 57.9 Å². The Morgan fingerprint density at radius 2 is 1.60 bits per heavy atom. The second-order valence-corrected chi connectivity index (χ2v) is 9.53. The van der Waals surface area contributed by atoms with Crippen LogP contribution >= 0.6 is 0 Å². The number of benzene rings is 1. The normalized spacial score (nSPS) is 20.4. The lowest BCUT2D eigenvalue weighted by Gasteiger charge is -2.36. The van der Waals surface area contributed by atoms with Crippen LogP contribution in [0.2, 0.25) is 0 Å². The molecule has 2 aliphatic rings. The van der Waals surface area contributed by atoms with Gasteiger partial charge in [0.25, 0.3) is 5.69 Å². The zero-order chi connectivity index (χ0) is 29.1. The van der Waals surface area contributed by atoms with Crippen LogP contribution in [0.1, 0.15) is 36.9 Å². The lowest BCUT2D eigenvalue weighted by atomic mass is 9.95. The molecule has 2 aromatic rings. The monoisotopic (exact) mass is 576 g/mol. The van der Waals surface area contributed by atoms with Crippen LogP contribution in [0.5, 0.6) is 5.75 Å². The van der Waals surface area contributed by atoms with Crippen molar-refractivity contribution < 1.29 is 45.5 Å². The molecule has 0 unspecified atom stereocenters. The predicted molar refractivity (Wildman–Crippen MR) is 129 cm³/mol. The fraction of sp³-hybridized carbons (Fsp3) is 0.520. The number of pyridine rings is 1. The van der Waals surface area contributed by atoms with E-state index in [1.165, 1.54) is 12.3 Å². The van der Waals surface area contributed by atoms with E-state index in [1.807, 2.05) is 4.90 Å². The van der Waals surface area contributed by atoms with Gasteiger partial charge in [-0.15, -0.1) is 0 Å². The number of hydrogen-bond donors (Lipinski definition) is 0. The first kappa shape index (κ1) is 29.4. The molecule has 2 heterocycles. The van der Waals surface area contributed by atoms with Gasteiger partial charge in [-0.05, 0) is 49.9 Å². The Hall–Kier alpha value is -3.62. The smallest absolute Gasteiger partial charge is 0.433 e. The van der Waals surface area contributed by atoms with Crippen LogP contribution < -0.4 is 9.64 Å². The molecule has 9 nitrogen and oxygen atoms in total. The van der Waals surface area contributed by atoms with E-state index < -0.39 is 40.3 Å². The Labute approximate surface area is 224 Å². The topological polar surface area (TPSA) is 98.0 Å². The number of rotatable bonds is 7. The molecule has 0 N–H and O–H groups in total. The Balaban J connectivity index is 1.19. The number of halogens is 6. The lowest BCUT2D eigenvalue weighted by molar-refractivity contribution is -0.388. The van der Waals surface area contributed by atoms with Gasteiger partial charge in [-0.2, -0.15) is 26.3 Å². The molecule has 1 saturated carbocycles. The summed E-state index contributed by atoms with van der Waals surface area (Å²) in [7, 11) is 0. The van der Waals surface area contributed by atoms with Crippen molar-refractivity contribution in [2.24, 2.45) is 0 Å². The van der Waals surface area contributed by atoms with Crippen LogP contribution in [0, 0.1) is 10.1 Å². The maximum Gasteiger partial charge on any atom is 0.433 e. The zero-order valence-electron chi connectivity index (χ0n) is 21.1. The summed E-state index contributed by atoms with van der Waals surface area (Å²) in [5.41, 5.74) is -2.84. The van der Waals surface area contributed by atoms with Crippen molar-refractivity contribution in [3.8, 4) is 5.75 Å². The number of carbonyl (C=O) groups is 1. The number of hydrogen-bond acceptors (Lipinski definition) is 7. The van der Waals surface area contributed by atoms with Crippen LogP contribution in [0.15, 0.2) is 36.5 Å². The average Bonchev–Trinajstić information content (AvgIpc) is 2.91. The minimum absolute atomic E-state index is 0.108. The van der Waals surface area contributed by atoms with Crippen molar-refractivity contribution in [2.45, 2.75) is 50.2 Å². The summed E-state index contributed by atoms with van der Waals surface area (Å²) in [5, 5.41) is 10.9. The van der Waals surface area contributed by atoms with E-state index in [1.54, 1.807) is 4.90 Å². The molecule has 1 aliphatic heterocycles. The number of nitro groups is 1. The summed E-state index contributed by atoms with van der Waals surface area (Å²) in [6.07, 6.45) is -6.89. The molecule has 1 aromatic carbocycles. The molecule has 1 aromatic heterocycles. The molecule has 4 rings (SSSR count). The van der Waals surface area contributed by atoms with E-state index in [-0.39, 0.29) is 24.4 Å². The molecule has 2 fully saturated rings. The molecule has 1 aliphatic carbocycles. The molecule has 40 heavy (non-hydrogen) atoms. The highest BCUT2D eigenvalue weighted by molar-refractivity contribution is 5.77. The number of aromatic nitrogens is 1. The summed E-state index contributed by atoms with van der Waals surface area (Å²) in [4.78, 5) is 29.4. The number of piperazine rings is 1. The maximum atomic E-state index is 13.2. The second-order valence-electron chi connectivity index (χ2n) is 9.53. The van der Waals surface area contributed by atoms with E-state index in [4.69, 9.17) is 9.47 Å². The molecular weight excluding hydrogens is 550 g/mol. The lowest BCUT2D eigenvalue weighted by Crippen LogP contribution is -2.50. The number of anilines is 1. The highest BCUT2D eigenvalue weighted by Gasteiger charge is 2.39. The SMILES string of the molecule is O=C(COC1CCC(Oc2ccc([N+](=O)[O-])c(C(F)(F)F)c2)CC1)N1CCN(c2ccc(C(F)(F)F)nc2)CC1. The van der Waals surface area contributed by atoms with E-state index in [0.717, 1.165) is 18.2 Å². The van der Waals surface area contributed by atoms with E-state index in [2.05, 4.69) is 4.98 Å². The molecule has 1 amide bonds. The first-order valence-electron chi connectivity index (χ1n) is 12.5. The molecule has 1 saturated heterocycles. The highest BCUT2D eigenvalue weighted by atomic mass is 19.4. The first-order chi connectivity index (χ1) is 18.8. The minimum atomic E-state index is -4.90. The molecule has 0 spiro atoms. The first-order valence-corrected chi connectivity index (χ1v) is 12.5. The predicted octanol–water partition coefficient (Wildman–Crippen LogP) is 5.08. The second kappa shape index (κ2) is 11.9. The van der Waals surface area contributed by atoms with E-state index in [0.29, 0.717) is 63.6 Å². The Kier molecular flexibility index (Phi) is 8.71. The summed E-state index contributed by atoms with van der Waals surface area (Å²) < 4.78 is 89.1. The number of nitrogens with zero attached hydrogens (tertiary/aromatic N) is 4. The minimum Gasteiger partial charge on any atom is -0.490 e. The maximum absolute atomic E-state index is 13.2. The van der Waals surface area contributed by atoms with Crippen molar-refractivity contribution in [2.75, 3.05) is 37.7 Å². The van der Waals surface area contributed by atoms with E-state index in [9.17, 15) is 41.3 Å². The zero-order valence-corrected chi connectivity index (χ0v) is 21.1. The highest BCUT2D eigenvalue weighted by Crippen LogP contribution is 2.39. The Bertz CT molecular complexity index is 1190. The number of amides is 1. The fourth-order valence-corrected chi connectivity index (χ4v) is 4.72. The van der Waals surface area contributed by atoms with Crippen molar-refractivity contribution >= 4 is 17.3 Å². The van der Waals surface area contributed by atoms with Gasteiger partial charge in [0, 0.05) is 32.2 Å². The van der Waals surface area contributed by atoms with Crippen LogP contribution in [0.3, 0.4) is 0 Å². The van der Waals surface area contributed by atoms with Gasteiger partial charge in [-0.3, -0.25) is 14.9 Å². The molecular formula is C25H26F6N4O5. The van der Waals surface area contributed by atoms with Gasteiger partial charge in [0.05, 0.1) is 29.0 Å². The van der Waals surface area contributed by atoms with Crippen molar-refractivity contribution in [1.82, 2.24) is 9.88 Å². The summed E-state index contributed by atoms with van der Waals surface area (Å²) in [6, 6.07) is 4.83. The largest absolute Gasteiger partial charge is 0.490 e. The van der Waals surface area contributed by atoms with Gasteiger partial charge in [0.15, 0.2) is 0 Å². The molecule has 15 heteroatoms. The number of carbonyl (C=O) groups excluding carboxylic acids is 1. The number of nitro benzene ring substituents is 1. The van der Waals surface area contributed by atoms with Gasteiger partial charge in [-0.1, -0.05) is 0 Å². The van der Waals surface area contributed by atoms with Crippen LogP contribution in [0.25, 0.3) is 0 Å². The van der Waals surface area contributed by atoms with E-state index >= 15 is 0 Å². The van der Waals surface area contributed by atoms with Crippen LogP contribution in [-0.4, -0.2) is 65.7 Å². The average molecular weight is 576 g/mol. The van der Waals surface area contributed by atoms with Crippen LogP contribution in [0.4, 0.5) is 37.7 Å². The van der Waals surface area contributed by atoms with Crippen molar-refractivity contribution in [3.63, 3.8) is 0 Å². The van der Waals surface area contributed by atoms with Gasteiger partial charge in [0.2, 0.25) is 5.91 Å². The third-order valence-corrected chi connectivity index (χ3v) is 6.87. The fourth-order valence-electron chi connectivity index (χ4n) is 4.72. The summed E-state index contributed by atoms with van der Waals surface area (Å²) >= 11 is 0. The van der Waals surface area contributed by atoms with Gasteiger partial charge in [0.1, 0.15) is 23.6 Å². The molecule has 218 valence electrons. The number of ether oxygens (including phenoxy) is 2. The molecule has 0 atom stereocenters. The third-order valence-electron chi connectivity index (χ3n) is 6.87. The van der Waals surface area contributed by atoms with Gasteiger partial charge >= 0.3 is 12.4 Å².